The molecule has 0 aliphatic rings. The van der Waals surface area contributed by atoms with E-state index in [0.717, 1.165) is 31.6 Å². The summed E-state index contributed by atoms with van der Waals surface area (Å²) in [6.45, 7) is 9.08. The van der Waals surface area contributed by atoms with Crippen LogP contribution in [0.5, 0.6) is 0 Å². The number of carbonyl (C=O) groups excluding carboxylic acids is 1. The van der Waals surface area contributed by atoms with Gasteiger partial charge in [0.05, 0.1) is 0 Å². The van der Waals surface area contributed by atoms with Crippen molar-refractivity contribution < 1.29 is 4.79 Å². The Kier molecular flexibility index (Phi) is 7.83. The van der Waals surface area contributed by atoms with Crippen LogP contribution < -0.4 is 16.0 Å². The van der Waals surface area contributed by atoms with Gasteiger partial charge in [-0.15, -0.1) is 0 Å². The smallest absolute Gasteiger partial charge is 0.224 e. The van der Waals surface area contributed by atoms with Crippen LogP contribution in [0.15, 0.2) is 24.3 Å². The highest BCUT2D eigenvalue weighted by Gasteiger charge is 2.07. The molecule has 1 aromatic carbocycles. The molecule has 0 aromatic heterocycles. The number of nitrogens with zero attached hydrogens (tertiary/aromatic N) is 1. The van der Waals surface area contributed by atoms with Gasteiger partial charge in [-0.25, -0.2) is 0 Å². The number of anilines is 2. The number of hydrogen-bond acceptors (Lipinski definition) is 3. The minimum Gasteiger partial charge on any atom is -0.372 e. The SMILES string of the molecule is CCN(CC)c1ccc(NC(=O)CCC(C)CCN)cc1. The molecule has 1 rings (SSSR count). The highest BCUT2D eigenvalue weighted by atomic mass is 16.1. The van der Waals surface area contributed by atoms with Crippen LogP contribution in [-0.2, 0) is 4.79 Å². The second kappa shape index (κ2) is 9.40. The number of benzene rings is 1. The molecule has 0 spiro atoms. The monoisotopic (exact) mass is 291 g/mol. The van der Waals surface area contributed by atoms with Crippen LogP contribution in [-0.4, -0.2) is 25.5 Å². The Morgan fingerprint density at radius 3 is 2.33 bits per heavy atom. The molecular formula is C17H29N3O. The first-order valence-electron chi connectivity index (χ1n) is 7.95. The molecule has 1 aromatic rings. The van der Waals surface area contributed by atoms with Gasteiger partial charge in [0.2, 0.25) is 5.91 Å². The molecule has 0 bridgehead atoms. The Bertz CT molecular complexity index is 413. The lowest BCUT2D eigenvalue weighted by Gasteiger charge is -2.21. The van der Waals surface area contributed by atoms with Crippen LogP contribution in [0.25, 0.3) is 0 Å². The Morgan fingerprint density at radius 2 is 1.81 bits per heavy atom. The summed E-state index contributed by atoms with van der Waals surface area (Å²) in [5, 5.41) is 2.95. The zero-order valence-corrected chi connectivity index (χ0v) is 13.6. The second-order valence-corrected chi connectivity index (χ2v) is 5.49. The molecule has 1 atom stereocenters. The van der Waals surface area contributed by atoms with Crippen molar-refractivity contribution in [2.24, 2.45) is 11.7 Å². The van der Waals surface area contributed by atoms with Gasteiger partial charge < -0.3 is 16.0 Å². The van der Waals surface area contributed by atoms with E-state index in [0.29, 0.717) is 18.9 Å². The summed E-state index contributed by atoms with van der Waals surface area (Å²) < 4.78 is 0. The molecule has 1 unspecified atom stereocenters. The summed E-state index contributed by atoms with van der Waals surface area (Å²) >= 11 is 0. The lowest BCUT2D eigenvalue weighted by molar-refractivity contribution is -0.116. The van der Waals surface area contributed by atoms with Crippen LogP contribution in [0.4, 0.5) is 11.4 Å². The van der Waals surface area contributed by atoms with Crippen molar-refractivity contribution in [2.75, 3.05) is 29.9 Å². The van der Waals surface area contributed by atoms with E-state index in [2.05, 4.69) is 43.1 Å². The van der Waals surface area contributed by atoms with E-state index in [9.17, 15) is 4.79 Å². The van der Waals surface area contributed by atoms with Crippen LogP contribution in [0.1, 0.15) is 40.0 Å². The standard InChI is InChI=1S/C17H29N3O/c1-4-20(5-2)16-9-7-15(8-10-16)19-17(21)11-6-14(3)12-13-18/h7-10,14H,4-6,11-13,18H2,1-3H3,(H,19,21). The molecule has 4 nitrogen and oxygen atoms in total. The predicted molar refractivity (Wildman–Crippen MR) is 90.7 cm³/mol. The zero-order chi connectivity index (χ0) is 15.7. The van der Waals surface area contributed by atoms with Crippen molar-refractivity contribution in [3.8, 4) is 0 Å². The van der Waals surface area contributed by atoms with Crippen molar-refractivity contribution >= 4 is 17.3 Å². The van der Waals surface area contributed by atoms with E-state index >= 15 is 0 Å². The van der Waals surface area contributed by atoms with Gasteiger partial charge in [-0.05, 0) is 63.4 Å². The molecular weight excluding hydrogens is 262 g/mol. The maximum atomic E-state index is 11.9. The van der Waals surface area contributed by atoms with Crippen LogP contribution in [0.3, 0.4) is 0 Å². The van der Waals surface area contributed by atoms with E-state index in [-0.39, 0.29) is 5.91 Å². The third kappa shape index (κ3) is 6.17. The first-order chi connectivity index (χ1) is 10.1. The molecule has 0 aliphatic carbocycles. The van der Waals surface area contributed by atoms with E-state index in [1.165, 1.54) is 5.69 Å². The molecule has 0 aliphatic heterocycles. The summed E-state index contributed by atoms with van der Waals surface area (Å²) in [7, 11) is 0. The average Bonchev–Trinajstić information content (AvgIpc) is 2.48. The summed E-state index contributed by atoms with van der Waals surface area (Å²) in [4.78, 5) is 14.2. The fraction of sp³-hybridized carbons (Fsp3) is 0.588. The minimum absolute atomic E-state index is 0.0782. The second-order valence-electron chi connectivity index (χ2n) is 5.49. The summed E-state index contributed by atoms with van der Waals surface area (Å²) in [5.74, 6) is 0.584. The normalized spacial score (nSPS) is 12.0. The molecule has 4 heteroatoms. The molecule has 0 saturated heterocycles. The highest BCUT2D eigenvalue weighted by Crippen LogP contribution is 2.18. The molecule has 0 heterocycles. The first kappa shape index (κ1) is 17.5. The van der Waals surface area contributed by atoms with Crippen LogP contribution >= 0.6 is 0 Å². The lowest BCUT2D eigenvalue weighted by Crippen LogP contribution is -2.21. The maximum absolute atomic E-state index is 11.9. The highest BCUT2D eigenvalue weighted by molar-refractivity contribution is 5.90. The Morgan fingerprint density at radius 1 is 1.19 bits per heavy atom. The van der Waals surface area contributed by atoms with E-state index in [1.807, 2.05) is 12.1 Å². The molecule has 1 amide bonds. The van der Waals surface area contributed by atoms with Crippen molar-refractivity contribution in [3.63, 3.8) is 0 Å². The van der Waals surface area contributed by atoms with Crippen molar-refractivity contribution in [1.82, 2.24) is 0 Å². The fourth-order valence-electron chi connectivity index (χ4n) is 2.37. The van der Waals surface area contributed by atoms with Gasteiger partial charge in [0.25, 0.3) is 0 Å². The van der Waals surface area contributed by atoms with Gasteiger partial charge in [0, 0.05) is 30.9 Å². The van der Waals surface area contributed by atoms with Gasteiger partial charge in [-0.1, -0.05) is 6.92 Å². The average molecular weight is 291 g/mol. The third-order valence-electron chi connectivity index (χ3n) is 3.80. The number of hydrogen-bond donors (Lipinski definition) is 2. The number of nitrogens with two attached hydrogens (primary N) is 1. The largest absolute Gasteiger partial charge is 0.372 e. The van der Waals surface area contributed by atoms with Gasteiger partial charge >= 0.3 is 0 Å². The van der Waals surface area contributed by atoms with Gasteiger partial charge in [-0.3, -0.25) is 4.79 Å². The van der Waals surface area contributed by atoms with Crippen LogP contribution in [0, 0.1) is 5.92 Å². The predicted octanol–water partition coefficient (Wildman–Crippen LogP) is 3.24. The lowest BCUT2D eigenvalue weighted by atomic mass is 10.0. The summed E-state index contributed by atoms with van der Waals surface area (Å²) in [6.07, 6.45) is 2.42. The van der Waals surface area contributed by atoms with Crippen LogP contribution in [0.2, 0.25) is 0 Å². The Balaban J connectivity index is 2.46. The molecule has 0 radical (unpaired) electrons. The van der Waals surface area contributed by atoms with Gasteiger partial charge in [-0.2, -0.15) is 0 Å². The number of carbonyl (C=O) groups is 1. The summed E-state index contributed by atoms with van der Waals surface area (Å²) in [5.41, 5.74) is 7.57. The van der Waals surface area contributed by atoms with Crippen molar-refractivity contribution in [1.29, 1.82) is 0 Å². The maximum Gasteiger partial charge on any atom is 0.224 e. The number of rotatable bonds is 9. The fourth-order valence-corrected chi connectivity index (χ4v) is 2.37. The Hall–Kier alpha value is -1.55. The number of nitrogens with one attached hydrogen (secondary N) is 1. The third-order valence-corrected chi connectivity index (χ3v) is 3.80. The number of amides is 1. The first-order valence-corrected chi connectivity index (χ1v) is 7.95. The van der Waals surface area contributed by atoms with E-state index < -0.39 is 0 Å². The molecule has 3 N–H and O–H groups in total. The minimum atomic E-state index is 0.0782. The van der Waals surface area contributed by atoms with Crippen molar-refractivity contribution in [3.05, 3.63) is 24.3 Å². The molecule has 118 valence electrons. The van der Waals surface area contributed by atoms with Gasteiger partial charge in [0.1, 0.15) is 0 Å². The van der Waals surface area contributed by atoms with Crippen molar-refractivity contribution in [2.45, 2.75) is 40.0 Å². The van der Waals surface area contributed by atoms with Gasteiger partial charge in [0.15, 0.2) is 0 Å². The van der Waals surface area contributed by atoms with E-state index in [4.69, 9.17) is 5.73 Å². The zero-order valence-electron chi connectivity index (χ0n) is 13.6. The summed E-state index contributed by atoms with van der Waals surface area (Å²) in [6, 6.07) is 8.04. The van der Waals surface area contributed by atoms with E-state index in [1.54, 1.807) is 0 Å². The quantitative estimate of drug-likeness (QED) is 0.734. The molecule has 0 fully saturated rings. The Labute approximate surface area is 128 Å². The molecule has 0 saturated carbocycles. The topological polar surface area (TPSA) is 58.4 Å². The molecule has 21 heavy (non-hydrogen) atoms.